The highest BCUT2D eigenvalue weighted by Crippen LogP contribution is 2.24. The molecule has 146 valence electrons. The molecular formula is C22H25N3O3. The fourth-order valence-electron chi connectivity index (χ4n) is 3.20. The zero-order valence-corrected chi connectivity index (χ0v) is 16.6. The monoisotopic (exact) mass is 379 g/mol. The maximum Gasteiger partial charge on any atom is 0.225 e. The number of methoxy groups -OCH3 is 1. The minimum atomic E-state index is -0.248. The van der Waals surface area contributed by atoms with Crippen LogP contribution in [0.15, 0.2) is 42.5 Å². The first-order chi connectivity index (χ1) is 13.4. The molecule has 0 aliphatic carbocycles. The van der Waals surface area contributed by atoms with E-state index >= 15 is 0 Å². The summed E-state index contributed by atoms with van der Waals surface area (Å²) in [6.45, 7) is 5.58. The Bertz CT molecular complexity index is 974. The summed E-state index contributed by atoms with van der Waals surface area (Å²) < 4.78 is 5.35. The van der Waals surface area contributed by atoms with Gasteiger partial charge in [-0.25, -0.2) is 4.98 Å². The second-order valence-electron chi connectivity index (χ2n) is 7.19. The van der Waals surface area contributed by atoms with Crippen LogP contribution < -0.4 is 10.1 Å². The van der Waals surface area contributed by atoms with Gasteiger partial charge in [-0.05, 0) is 43.2 Å². The van der Waals surface area contributed by atoms with E-state index in [0.717, 1.165) is 16.9 Å². The van der Waals surface area contributed by atoms with Gasteiger partial charge in [0.1, 0.15) is 11.6 Å². The number of rotatable bonds is 7. The zero-order valence-electron chi connectivity index (χ0n) is 16.6. The van der Waals surface area contributed by atoms with E-state index in [1.807, 2.05) is 38.1 Å². The minimum absolute atomic E-state index is 0.0494. The Morgan fingerprint density at radius 2 is 1.93 bits per heavy atom. The molecule has 6 heteroatoms. The molecule has 0 bridgehead atoms. The molecule has 2 aromatic carbocycles. The summed E-state index contributed by atoms with van der Waals surface area (Å²) in [7, 11) is 1.55. The summed E-state index contributed by atoms with van der Waals surface area (Å²) in [5.74, 6) is 1.26. The molecule has 0 spiro atoms. The number of amides is 1. The highest BCUT2D eigenvalue weighted by molar-refractivity contribution is 5.94. The molecule has 0 fully saturated rings. The molecule has 6 nitrogen and oxygen atoms in total. The van der Waals surface area contributed by atoms with Crippen molar-refractivity contribution in [3.8, 4) is 5.75 Å². The van der Waals surface area contributed by atoms with Crippen molar-refractivity contribution in [1.82, 2.24) is 15.3 Å². The number of aromatic nitrogens is 2. The number of fused-ring (bicyclic) bond motifs is 1. The second-order valence-corrected chi connectivity index (χ2v) is 7.19. The Kier molecular flexibility index (Phi) is 5.78. The van der Waals surface area contributed by atoms with Gasteiger partial charge in [-0.2, -0.15) is 0 Å². The summed E-state index contributed by atoms with van der Waals surface area (Å²) >= 11 is 0. The Morgan fingerprint density at radius 3 is 2.57 bits per heavy atom. The number of nitrogens with one attached hydrogen (secondary N) is 2. The van der Waals surface area contributed by atoms with E-state index in [-0.39, 0.29) is 30.1 Å². The van der Waals surface area contributed by atoms with E-state index in [0.29, 0.717) is 16.9 Å². The number of para-hydroxylation sites is 2. The molecule has 0 aliphatic rings. The third-order valence-electron chi connectivity index (χ3n) is 4.72. The van der Waals surface area contributed by atoms with Gasteiger partial charge in [-0.15, -0.1) is 0 Å². The Labute approximate surface area is 164 Å². The number of carbonyl (C=O) groups is 2. The van der Waals surface area contributed by atoms with E-state index < -0.39 is 0 Å². The maximum absolute atomic E-state index is 12.8. The third-order valence-corrected chi connectivity index (χ3v) is 4.72. The summed E-state index contributed by atoms with van der Waals surface area (Å²) in [5.41, 5.74) is 3.04. The molecule has 2 N–H and O–H groups in total. The molecule has 3 aromatic rings. The summed E-state index contributed by atoms with van der Waals surface area (Å²) in [5, 5.41) is 3.07. The van der Waals surface area contributed by atoms with Crippen molar-refractivity contribution in [3.63, 3.8) is 0 Å². The van der Waals surface area contributed by atoms with E-state index in [2.05, 4.69) is 15.3 Å². The predicted octanol–water partition coefficient (Wildman–Crippen LogP) is 3.83. The Morgan fingerprint density at radius 1 is 1.18 bits per heavy atom. The van der Waals surface area contributed by atoms with E-state index in [4.69, 9.17) is 4.74 Å². The summed E-state index contributed by atoms with van der Waals surface area (Å²) in [6, 6.07) is 12.7. The van der Waals surface area contributed by atoms with Crippen LogP contribution in [-0.4, -0.2) is 28.8 Å². The SMILES string of the molecule is COc1ccc(C(C)=O)cc1CC(=O)N[C@@H](c1nc2ccccc2[nH]1)C(C)C. The fraction of sp³-hybridized carbons (Fsp3) is 0.318. The number of H-pyrrole nitrogens is 1. The predicted molar refractivity (Wildman–Crippen MR) is 109 cm³/mol. The molecule has 0 radical (unpaired) electrons. The van der Waals surface area contributed by atoms with Crippen molar-refractivity contribution in [2.45, 2.75) is 33.2 Å². The Balaban J connectivity index is 1.82. The van der Waals surface area contributed by atoms with Crippen LogP contribution in [0.25, 0.3) is 11.0 Å². The number of benzene rings is 2. The van der Waals surface area contributed by atoms with Gasteiger partial charge in [-0.1, -0.05) is 26.0 Å². The van der Waals surface area contributed by atoms with Gasteiger partial charge in [0.2, 0.25) is 5.91 Å². The van der Waals surface area contributed by atoms with Crippen molar-refractivity contribution in [3.05, 3.63) is 59.4 Å². The largest absolute Gasteiger partial charge is 0.496 e. The quantitative estimate of drug-likeness (QED) is 0.611. The van der Waals surface area contributed by atoms with Crippen molar-refractivity contribution >= 4 is 22.7 Å². The molecule has 0 aliphatic heterocycles. The van der Waals surface area contributed by atoms with Gasteiger partial charge in [-0.3, -0.25) is 9.59 Å². The highest BCUT2D eigenvalue weighted by Gasteiger charge is 2.22. The molecule has 28 heavy (non-hydrogen) atoms. The average molecular weight is 379 g/mol. The van der Waals surface area contributed by atoms with E-state index in [1.54, 1.807) is 25.3 Å². The van der Waals surface area contributed by atoms with Gasteiger partial charge >= 0.3 is 0 Å². The molecule has 0 saturated heterocycles. The molecule has 1 amide bonds. The molecule has 1 heterocycles. The topological polar surface area (TPSA) is 84.1 Å². The molecule has 3 rings (SSSR count). The number of ketones is 1. The van der Waals surface area contributed by atoms with E-state index in [1.165, 1.54) is 6.92 Å². The van der Waals surface area contributed by atoms with Gasteiger partial charge in [0, 0.05) is 11.1 Å². The van der Waals surface area contributed by atoms with Crippen LogP contribution in [0.3, 0.4) is 0 Å². The first-order valence-electron chi connectivity index (χ1n) is 9.31. The number of nitrogens with zero attached hydrogens (tertiary/aromatic N) is 1. The molecule has 1 atom stereocenters. The van der Waals surface area contributed by atoms with Crippen LogP contribution in [0.4, 0.5) is 0 Å². The zero-order chi connectivity index (χ0) is 20.3. The fourth-order valence-corrected chi connectivity index (χ4v) is 3.20. The lowest BCUT2D eigenvalue weighted by Crippen LogP contribution is -2.33. The number of carbonyl (C=O) groups excluding carboxylic acids is 2. The van der Waals surface area contributed by atoms with Crippen LogP contribution in [0.2, 0.25) is 0 Å². The molecule has 0 unspecified atom stereocenters. The Hall–Kier alpha value is -3.15. The third kappa shape index (κ3) is 4.22. The van der Waals surface area contributed by atoms with Crippen molar-refractivity contribution < 1.29 is 14.3 Å². The van der Waals surface area contributed by atoms with Crippen molar-refractivity contribution in [1.29, 1.82) is 0 Å². The minimum Gasteiger partial charge on any atom is -0.496 e. The normalized spacial score (nSPS) is 12.2. The van der Waals surface area contributed by atoms with Gasteiger partial charge in [0.05, 0.1) is 30.6 Å². The lowest BCUT2D eigenvalue weighted by molar-refractivity contribution is -0.121. The van der Waals surface area contributed by atoms with Crippen LogP contribution in [0.5, 0.6) is 5.75 Å². The smallest absolute Gasteiger partial charge is 0.225 e. The van der Waals surface area contributed by atoms with Crippen LogP contribution in [0.1, 0.15) is 48.6 Å². The molecular weight excluding hydrogens is 354 g/mol. The van der Waals surface area contributed by atoms with Gasteiger partial charge < -0.3 is 15.0 Å². The standard InChI is InChI=1S/C22H25N3O3/c1-13(2)21(22-23-17-7-5-6-8-18(17)24-22)25-20(27)12-16-11-15(14(3)26)9-10-19(16)28-4/h5-11,13,21H,12H2,1-4H3,(H,23,24)(H,25,27)/t21-/m1/s1. The van der Waals surface area contributed by atoms with Crippen molar-refractivity contribution in [2.75, 3.05) is 7.11 Å². The highest BCUT2D eigenvalue weighted by atomic mass is 16.5. The van der Waals surface area contributed by atoms with Crippen LogP contribution in [-0.2, 0) is 11.2 Å². The maximum atomic E-state index is 12.8. The number of hydrogen-bond acceptors (Lipinski definition) is 4. The van der Waals surface area contributed by atoms with E-state index in [9.17, 15) is 9.59 Å². The average Bonchev–Trinajstić information content (AvgIpc) is 3.09. The van der Waals surface area contributed by atoms with Gasteiger partial charge in [0.15, 0.2) is 5.78 Å². The first-order valence-corrected chi connectivity index (χ1v) is 9.31. The summed E-state index contributed by atoms with van der Waals surface area (Å²) in [4.78, 5) is 32.4. The number of Topliss-reactive ketones (excluding diaryl/α,β-unsaturated/α-hetero) is 1. The lowest BCUT2D eigenvalue weighted by atomic mass is 10.0. The number of aromatic amines is 1. The number of hydrogen-bond donors (Lipinski definition) is 2. The number of imidazole rings is 1. The van der Waals surface area contributed by atoms with Crippen molar-refractivity contribution in [2.24, 2.45) is 5.92 Å². The van der Waals surface area contributed by atoms with Gasteiger partial charge in [0.25, 0.3) is 0 Å². The van der Waals surface area contributed by atoms with Crippen LogP contribution >= 0.6 is 0 Å². The summed E-state index contributed by atoms with van der Waals surface area (Å²) in [6.07, 6.45) is 0.119. The lowest BCUT2D eigenvalue weighted by Gasteiger charge is -2.21. The van der Waals surface area contributed by atoms with Crippen LogP contribution in [0, 0.1) is 5.92 Å². The first kappa shape index (κ1) is 19.6. The second kappa shape index (κ2) is 8.25. The molecule has 1 aromatic heterocycles. The number of ether oxygens (including phenoxy) is 1. The molecule has 0 saturated carbocycles.